The van der Waals surface area contributed by atoms with E-state index in [9.17, 15) is 4.79 Å². The molecule has 2 heterocycles. The first-order chi connectivity index (χ1) is 13.1. The molecule has 2 aromatic carbocycles. The highest BCUT2D eigenvalue weighted by Crippen LogP contribution is 2.30. The first kappa shape index (κ1) is 17.5. The van der Waals surface area contributed by atoms with Crippen LogP contribution in [0.3, 0.4) is 0 Å². The predicted octanol–water partition coefficient (Wildman–Crippen LogP) is 3.24. The zero-order valence-corrected chi connectivity index (χ0v) is 15.8. The molecule has 138 valence electrons. The Labute approximate surface area is 159 Å². The fourth-order valence-electron chi connectivity index (χ4n) is 3.57. The van der Waals surface area contributed by atoms with E-state index in [2.05, 4.69) is 11.9 Å². The molecule has 0 unspecified atom stereocenters. The lowest BCUT2D eigenvalue weighted by molar-refractivity contribution is 0.0664. The number of benzene rings is 2. The summed E-state index contributed by atoms with van der Waals surface area (Å²) in [4.78, 5) is 17.6. The van der Waals surface area contributed by atoms with Crippen molar-refractivity contribution in [2.45, 2.75) is 6.92 Å². The Kier molecular flexibility index (Phi) is 4.77. The first-order valence-electron chi connectivity index (χ1n) is 9.33. The van der Waals surface area contributed by atoms with Gasteiger partial charge in [-0.15, -0.1) is 0 Å². The topological polar surface area (TPSA) is 41.4 Å². The number of carbonyl (C=O) groups is 1. The second-order valence-corrected chi connectivity index (χ2v) is 7.02. The quantitative estimate of drug-likeness (QED) is 0.720. The van der Waals surface area contributed by atoms with Crippen LogP contribution in [0.4, 0.5) is 0 Å². The predicted molar refractivity (Wildman–Crippen MR) is 107 cm³/mol. The van der Waals surface area contributed by atoms with Crippen molar-refractivity contribution in [3.63, 3.8) is 0 Å². The summed E-state index contributed by atoms with van der Waals surface area (Å²) in [6.07, 6.45) is 0. The van der Waals surface area contributed by atoms with Crippen LogP contribution >= 0.6 is 0 Å². The molecule has 0 N–H and O–H groups in total. The summed E-state index contributed by atoms with van der Waals surface area (Å²) in [6.45, 7) is 5.23. The molecule has 1 fully saturated rings. The van der Waals surface area contributed by atoms with Crippen LogP contribution in [-0.2, 0) is 0 Å². The van der Waals surface area contributed by atoms with Gasteiger partial charge >= 0.3 is 0 Å². The highest BCUT2D eigenvalue weighted by atomic mass is 16.2. The van der Waals surface area contributed by atoms with Gasteiger partial charge in [0.25, 0.3) is 5.91 Å². The molecule has 1 aliphatic heterocycles. The van der Waals surface area contributed by atoms with Crippen LogP contribution in [0.25, 0.3) is 16.9 Å². The molecular weight excluding hydrogens is 336 g/mol. The third kappa shape index (κ3) is 3.38. The lowest BCUT2D eigenvalue weighted by Crippen LogP contribution is -2.47. The molecule has 0 bridgehead atoms. The second-order valence-electron chi connectivity index (χ2n) is 7.02. The van der Waals surface area contributed by atoms with Crippen LogP contribution < -0.4 is 0 Å². The van der Waals surface area contributed by atoms with E-state index in [1.807, 2.05) is 77.2 Å². The fourth-order valence-corrected chi connectivity index (χ4v) is 3.57. The van der Waals surface area contributed by atoms with Crippen molar-refractivity contribution in [2.75, 3.05) is 33.2 Å². The summed E-state index contributed by atoms with van der Waals surface area (Å²) in [5.41, 5.74) is 4.29. The molecule has 4 rings (SSSR count). The summed E-state index contributed by atoms with van der Waals surface area (Å²) in [7, 11) is 2.09. The molecule has 0 radical (unpaired) electrons. The Morgan fingerprint density at radius 3 is 2.11 bits per heavy atom. The van der Waals surface area contributed by atoms with Crippen LogP contribution in [0.1, 0.15) is 16.1 Å². The number of para-hydroxylation sites is 1. The molecule has 1 aromatic heterocycles. The van der Waals surface area contributed by atoms with Crippen molar-refractivity contribution in [1.29, 1.82) is 0 Å². The van der Waals surface area contributed by atoms with Gasteiger partial charge in [-0.05, 0) is 26.1 Å². The van der Waals surface area contributed by atoms with E-state index in [-0.39, 0.29) is 5.91 Å². The maximum absolute atomic E-state index is 13.4. The van der Waals surface area contributed by atoms with Crippen LogP contribution in [0.5, 0.6) is 0 Å². The highest BCUT2D eigenvalue weighted by Gasteiger charge is 2.28. The van der Waals surface area contributed by atoms with Crippen molar-refractivity contribution in [1.82, 2.24) is 19.6 Å². The number of amides is 1. The molecule has 5 heteroatoms. The van der Waals surface area contributed by atoms with Crippen molar-refractivity contribution < 1.29 is 4.79 Å². The molecule has 0 aliphatic carbocycles. The minimum Gasteiger partial charge on any atom is -0.336 e. The summed E-state index contributed by atoms with van der Waals surface area (Å²) >= 11 is 0. The number of carbonyl (C=O) groups excluding carboxylic acids is 1. The fraction of sp³-hybridized carbons (Fsp3) is 0.273. The van der Waals surface area contributed by atoms with Crippen LogP contribution in [0.2, 0.25) is 0 Å². The van der Waals surface area contributed by atoms with Gasteiger partial charge in [0, 0.05) is 31.7 Å². The first-order valence-corrected chi connectivity index (χ1v) is 9.33. The van der Waals surface area contributed by atoms with Crippen LogP contribution in [-0.4, -0.2) is 58.7 Å². The SMILES string of the molecule is Cc1nn(-c2ccccc2)c(-c2ccccc2)c1C(=O)N1CCN(C)CC1. The zero-order chi connectivity index (χ0) is 18.8. The minimum absolute atomic E-state index is 0.0710. The highest BCUT2D eigenvalue weighted by molar-refractivity contribution is 6.01. The number of nitrogens with zero attached hydrogens (tertiary/aromatic N) is 4. The maximum Gasteiger partial charge on any atom is 0.258 e. The van der Waals surface area contributed by atoms with Gasteiger partial charge in [-0.3, -0.25) is 4.79 Å². The number of aromatic nitrogens is 2. The van der Waals surface area contributed by atoms with Gasteiger partial charge in [0.15, 0.2) is 0 Å². The number of hydrogen-bond acceptors (Lipinski definition) is 3. The number of hydrogen-bond donors (Lipinski definition) is 0. The summed E-state index contributed by atoms with van der Waals surface area (Å²) in [6, 6.07) is 20.1. The third-order valence-electron chi connectivity index (χ3n) is 5.11. The standard InChI is InChI=1S/C22H24N4O/c1-17-20(22(27)25-15-13-24(2)14-16-25)21(18-9-5-3-6-10-18)26(23-17)19-11-7-4-8-12-19/h3-12H,13-16H2,1-2H3. The van der Waals surface area contributed by atoms with E-state index in [4.69, 9.17) is 5.10 Å². The largest absolute Gasteiger partial charge is 0.336 e. The Hall–Kier alpha value is -2.92. The smallest absolute Gasteiger partial charge is 0.258 e. The van der Waals surface area contributed by atoms with E-state index in [1.165, 1.54) is 0 Å². The zero-order valence-electron chi connectivity index (χ0n) is 15.8. The number of rotatable bonds is 3. The van der Waals surface area contributed by atoms with E-state index in [0.717, 1.165) is 48.8 Å². The Morgan fingerprint density at radius 1 is 0.889 bits per heavy atom. The van der Waals surface area contributed by atoms with Gasteiger partial charge in [0.2, 0.25) is 0 Å². The van der Waals surface area contributed by atoms with Crippen LogP contribution in [0, 0.1) is 6.92 Å². The molecule has 27 heavy (non-hydrogen) atoms. The lowest BCUT2D eigenvalue weighted by atomic mass is 10.0. The van der Waals surface area contributed by atoms with Gasteiger partial charge in [-0.2, -0.15) is 5.10 Å². The maximum atomic E-state index is 13.4. The van der Waals surface area contributed by atoms with Crippen molar-refractivity contribution in [3.8, 4) is 16.9 Å². The molecule has 1 saturated heterocycles. The van der Waals surface area contributed by atoms with Gasteiger partial charge in [0.1, 0.15) is 0 Å². The summed E-state index contributed by atoms with van der Waals surface area (Å²) in [5, 5.41) is 4.75. The van der Waals surface area contributed by atoms with Gasteiger partial charge in [0.05, 0.1) is 22.6 Å². The lowest BCUT2D eigenvalue weighted by Gasteiger charge is -2.32. The summed E-state index contributed by atoms with van der Waals surface area (Å²) in [5.74, 6) is 0.0710. The molecule has 0 saturated carbocycles. The molecular formula is C22H24N4O. The number of piperazine rings is 1. The molecule has 1 amide bonds. The van der Waals surface area contributed by atoms with E-state index in [1.54, 1.807) is 0 Å². The second kappa shape index (κ2) is 7.37. The van der Waals surface area contributed by atoms with Gasteiger partial charge in [-0.25, -0.2) is 4.68 Å². The molecule has 1 aliphatic rings. The molecule has 0 spiro atoms. The van der Waals surface area contributed by atoms with Crippen molar-refractivity contribution >= 4 is 5.91 Å². The average molecular weight is 360 g/mol. The Balaban J connectivity index is 1.84. The molecule has 3 aromatic rings. The third-order valence-corrected chi connectivity index (χ3v) is 5.11. The molecule has 5 nitrogen and oxygen atoms in total. The van der Waals surface area contributed by atoms with Gasteiger partial charge < -0.3 is 9.80 Å². The van der Waals surface area contributed by atoms with E-state index >= 15 is 0 Å². The Morgan fingerprint density at radius 2 is 1.48 bits per heavy atom. The average Bonchev–Trinajstić information content (AvgIpc) is 3.06. The number of likely N-dealkylation sites (N-methyl/N-ethyl adjacent to an activating group) is 1. The van der Waals surface area contributed by atoms with Gasteiger partial charge in [-0.1, -0.05) is 48.5 Å². The molecule has 0 atom stereocenters. The minimum atomic E-state index is 0.0710. The van der Waals surface area contributed by atoms with Crippen molar-refractivity contribution in [2.24, 2.45) is 0 Å². The summed E-state index contributed by atoms with van der Waals surface area (Å²) < 4.78 is 1.90. The van der Waals surface area contributed by atoms with E-state index in [0.29, 0.717) is 5.56 Å². The normalized spacial score (nSPS) is 15.1. The Bertz CT molecular complexity index is 926. The van der Waals surface area contributed by atoms with Crippen molar-refractivity contribution in [3.05, 3.63) is 71.9 Å². The van der Waals surface area contributed by atoms with Crippen LogP contribution in [0.15, 0.2) is 60.7 Å². The van der Waals surface area contributed by atoms with E-state index < -0.39 is 0 Å². The monoisotopic (exact) mass is 360 g/mol. The number of aryl methyl sites for hydroxylation is 1.